The molecule has 0 saturated carbocycles. The predicted molar refractivity (Wildman–Crippen MR) is 116 cm³/mol. The molecule has 1 aliphatic rings. The van der Waals surface area contributed by atoms with Gasteiger partial charge in [0.05, 0.1) is 11.5 Å². The fourth-order valence-electron chi connectivity index (χ4n) is 3.28. The lowest BCUT2D eigenvalue weighted by molar-refractivity contribution is 0.0525. The number of ketones is 1. The summed E-state index contributed by atoms with van der Waals surface area (Å²) in [6.07, 6.45) is 2.75. The number of nitrogens with one attached hydrogen (secondary N) is 1. The Morgan fingerprint density at radius 2 is 1.90 bits per heavy atom. The Kier molecular flexibility index (Phi) is 6.63. The van der Waals surface area contributed by atoms with Crippen molar-refractivity contribution in [2.45, 2.75) is 59.0 Å². The number of benzene rings is 1. The highest BCUT2D eigenvalue weighted by atomic mass is 32.1. The number of Topliss-reactive ketones (excluding diaryl/α,β-unsaturated/α-hetero) is 1. The molecule has 1 aromatic heterocycles. The van der Waals surface area contributed by atoms with Gasteiger partial charge in [-0.1, -0.05) is 6.92 Å². The van der Waals surface area contributed by atoms with E-state index < -0.39 is 11.7 Å². The number of fused-ring (bicyclic) bond motifs is 3. The van der Waals surface area contributed by atoms with Crippen LogP contribution in [0.3, 0.4) is 0 Å². The highest BCUT2D eigenvalue weighted by Crippen LogP contribution is 2.41. The number of amides is 1. The van der Waals surface area contributed by atoms with Crippen LogP contribution >= 0.6 is 11.3 Å². The molecule has 0 aliphatic heterocycles. The first-order chi connectivity index (χ1) is 13.8. The molecule has 0 unspecified atom stereocenters. The first kappa shape index (κ1) is 21.4. The summed E-state index contributed by atoms with van der Waals surface area (Å²) >= 11 is 1.61. The molecular weight excluding hydrogens is 386 g/mol. The number of thiophene rings is 1. The highest BCUT2D eigenvalue weighted by Gasteiger charge is 2.21. The molecule has 1 N–H and O–H groups in total. The molecule has 5 nitrogen and oxygen atoms in total. The predicted octanol–water partition coefficient (Wildman–Crippen LogP) is 5.40. The second kappa shape index (κ2) is 8.99. The first-order valence-electron chi connectivity index (χ1n) is 10.2. The third kappa shape index (κ3) is 5.60. The zero-order valence-electron chi connectivity index (χ0n) is 17.6. The van der Waals surface area contributed by atoms with E-state index in [1.165, 1.54) is 21.6 Å². The van der Waals surface area contributed by atoms with Crippen molar-refractivity contribution in [1.29, 1.82) is 0 Å². The summed E-state index contributed by atoms with van der Waals surface area (Å²) in [4.78, 5) is 25.7. The highest BCUT2D eigenvalue weighted by molar-refractivity contribution is 7.17. The SMILES string of the molecule is CCC(=O)c1cc2c(s1)-c1ccc(OCCCNC(=O)OC(C)(C)C)cc1CC2. The van der Waals surface area contributed by atoms with Crippen LogP contribution in [0.4, 0.5) is 4.79 Å². The average Bonchev–Trinajstić information content (AvgIpc) is 3.10. The maximum atomic E-state index is 12.0. The number of hydrogen-bond donors (Lipinski definition) is 1. The number of carbonyl (C=O) groups excluding carboxylic acids is 2. The van der Waals surface area contributed by atoms with Crippen LogP contribution < -0.4 is 10.1 Å². The summed E-state index contributed by atoms with van der Waals surface area (Å²) in [6, 6.07) is 8.24. The molecule has 1 amide bonds. The number of alkyl carbamates (subject to hydrolysis) is 1. The number of aryl methyl sites for hydroxylation is 2. The van der Waals surface area contributed by atoms with Crippen molar-refractivity contribution in [3.05, 3.63) is 40.3 Å². The molecule has 1 aliphatic carbocycles. The van der Waals surface area contributed by atoms with Crippen LogP contribution in [0.25, 0.3) is 10.4 Å². The molecule has 1 heterocycles. The van der Waals surface area contributed by atoms with Crippen LogP contribution in [0.1, 0.15) is 61.3 Å². The molecule has 0 saturated heterocycles. The van der Waals surface area contributed by atoms with Gasteiger partial charge in [-0.05, 0) is 81.0 Å². The monoisotopic (exact) mass is 415 g/mol. The Morgan fingerprint density at radius 3 is 2.62 bits per heavy atom. The maximum absolute atomic E-state index is 12.0. The number of ether oxygens (including phenoxy) is 2. The summed E-state index contributed by atoms with van der Waals surface area (Å²) in [5.41, 5.74) is 3.27. The second-order valence-electron chi connectivity index (χ2n) is 8.19. The Bertz CT molecular complexity index is 895. The van der Waals surface area contributed by atoms with Crippen LogP contribution in [0.2, 0.25) is 0 Å². The standard InChI is InChI=1S/C23H29NO4S/c1-5-19(25)20-14-16-8-7-15-13-17(9-10-18(15)21(16)29-20)27-12-6-11-24-22(26)28-23(2,3)4/h9-10,13-14H,5-8,11-12H2,1-4H3,(H,24,26). The Hall–Kier alpha value is -2.34. The van der Waals surface area contributed by atoms with Gasteiger partial charge < -0.3 is 14.8 Å². The zero-order valence-corrected chi connectivity index (χ0v) is 18.4. The van der Waals surface area contributed by atoms with Crippen molar-refractivity contribution in [3.63, 3.8) is 0 Å². The van der Waals surface area contributed by atoms with Gasteiger partial charge in [-0.2, -0.15) is 0 Å². The van der Waals surface area contributed by atoms with Gasteiger partial charge in [0, 0.05) is 17.8 Å². The summed E-state index contributed by atoms with van der Waals surface area (Å²) < 4.78 is 11.1. The minimum absolute atomic E-state index is 0.214. The van der Waals surface area contributed by atoms with E-state index in [-0.39, 0.29) is 5.78 Å². The van der Waals surface area contributed by atoms with Crippen molar-refractivity contribution in [3.8, 4) is 16.2 Å². The maximum Gasteiger partial charge on any atom is 0.407 e. The van der Waals surface area contributed by atoms with Gasteiger partial charge >= 0.3 is 6.09 Å². The Morgan fingerprint density at radius 1 is 1.14 bits per heavy atom. The summed E-state index contributed by atoms with van der Waals surface area (Å²) in [7, 11) is 0. The lowest BCUT2D eigenvalue weighted by Gasteiger charge is -2.19. The van der Waals surface area contributed by atoms with E-state index in [0.29, 0.717) is 26.0 Å². The van der Waals surface area contributed by atoms with Crippen LogP contribution in [-0.2, 0) is 17.6 Å². The number of carbonyl (C=O) groups is 2. The van der Waals surface area contributed by atoms with E-state index in [0.717, 1.165) is 23.5 Å². The van der Waals surface area contributed by atoms with Gasteiger partial charge in [0.15, 0.2) is 5.78 Å². The Balaban J connectivity index is 1.53. The van der Waals surface area contributed by atoms with E-state index >= 15 is 0 Å². The quantitative estimate of drug-likeness (QED) is 0.486. The van der Waals surface area contributed by atoms with E-state index in [9.17, 15) is 9.59 Å². The van der Waals surface area contributed by atoms with E-state index in [1.807, 2.05) is 33.8 Å². The lowest BCUT2D eigenvalue weighted by atomic mass is 9.91. The van der Waals surface area contributed by atoms with Crippen LogP contribution in [0.15, 0.2) is 24.3 Å². The van der Waals surface area contributed by atoms with Crippen LogP contribution in [-0.4, -0.2) is 30.6 Å². The van der Waals surface area contributed by atoms with Gasteiger partial charge in [-0.25, -0.2) is 4.79 Å². The van der Waals surface area contributed by atoms with E-state index in [2.05, 4.69) is 23.5 Å². The summed E-state index contributed by atoms with van der Waals surface area (Å²) in [5, 5.41) is 2.74. The molecule has 3 rings (SSSR count). The molecular formula is C23H29NO4S. The first-order valence-corrected chi connectivity index (χ1v) is 11.0. The third-order valence-electron chi connectivity index (χ3n) is 4.65. The molecule has 0 radical (unpaired) electrons. The van der Waals surface area contributed by atoms with Crippen LogP contribution in [0, 0.1) is 0 Å². The fourth-order valence-corrected chi connectivity index (χ4v) is 4.56. The van der Waals surface area contributed by atoms with E-state index in [4.69, 9.17) is 9.47 Å². The van der Waals surface area contributed by atoms with Crippen molar-refractivity contribution >= 4 is 23.2 Å². The average molecular weight is 416 g/mol. The topological polar surface area (TPSA) is 64.6 Å². The molecule has 0 spiro atoms. The van der Waals surface area contributed by atoms with Crippen molar-refractivity contribution in [1.82, 2.24) is 5.32 Å². The Labute approximate surface area is 176 Å². The molecule has 0 fully saturated rings. The zero-order chi connectivity index (χ0) is 21.0. The molecule has 29 heavy (non-hydrogen) atoms. The normalized spacial score (nSPS) is 12.7. The van der Waals surface area contributed by atoms with Crippen molar-refractivity contribution in [2.24, 2.45) is 0 Å². The minimum Gasteiger partial charge on any atom is -0.494 e. The molecule has 6 heteroatoms. The molecule has 1 aromatic carbocycles. The smallest absolute Gasteiger partial charge is 0.407 e. The van der Waals surface area contributed by atoms with Crippen LogP contribution in [0.5, 0.6) is 5.75 Å². The summed E-state index contributed by atoms with van der Waals surface area (Å²) in [6.45, 7) is 8.45. The molecule has 0 atom stereocenters. The third-order valence-corrected chi connectivity index (χ3v) is 5.90. The minimum atomic E-state index is -0.489. The second-order valence-corrected chi connectivity index (χ2v) is 9.24. The van der Waals surface area contributed by atoms with Gasteiger partial charge in [0.2, 0.25) is 0 Å². The largest absolute Gasteiger partial charge is 0.494 e. The molecule has 2 aromatic rings. The fraction of sp³-hybridized carbons (Fsp3) is 0.478. The summed E-state index contributed by atoms with van der Waals surface area (Å²) in [5.74, 6) is 1.05. The molecule has 0 bridgehead atoms. The van der Waals surface area contributed by atoms with E-state index in [1.54, 1.807) is 11.3 Å². The van der Waals surface area contributed by atoms with Gasteiger partial charge in [-0.15, -0.1) is 11.3 Å². The van der Waals surface area contributed by atoms with Gasteiger partial charge in [0.25, 0.3) is 0 Å². The number of hydrogen-bond acceptors (Lipinski definition) is 5. The van der Waals surface area contributed by atoms with Crippen molar-refractivity contribution < 1.29 is 19.1 Å². The van der Waals surface area contributed by atoms with Crippen molar-refractivity contribution in [2.75, 3.05) is 13.2 Å². The molecule has 156 valence electrons. The number of rotatable bonds is 7. The van der Waals surface area contributed by atoms with Gasteiger partial charge in [0.1, 0.15) is 11.4 Å². The van der Waals surface area contributed by atoms with Gasteiger partial charge in [-0.3, -0.25) is 4.79 Å². The lowest BCUT2D eigenvalue weighted by Crippen LogP contribution is -2.33.